The predicted octanol–water partition coefficient (Wildman–Crippen LogP) is 1.17. The van der Waals surface area contributed by atoms with Crippen LogP contribution < -0.4 is 5.32 Å². The lowest BCUT2D eigenvalue weighted by Gasteiger charge is -2.12. The molecule has 0 aliphatic carbocycles. The van der Waals surface area contributed by atoms with E-state index in [2.05, 4.69) is 10.3 Å². The maximum absolute atomic E-state index is 10.6. The lowest BCUT2D eigenvalue weighted by atomic mass is 10.2. The lowest BCUT2D eigenvalue weighted by molar-refractivity contribution is -0.384. The zero-order chi connectivity index (χ0) is 11.3. The average molecular weight is 211 g/mol. The standard InChI is InChI=1S/C9H13N3O3/c1-7(4-6-13)11-9-8(12(14)15)3-2-5-10-9/h2-3,5,7,13H,4,6H2,1H3,(H,10,11). The molecule has 2 N–H and O–H groups in total. The summed E-state index contributed by atoms with van der Waals surface area (Å²) in [4.78, 5) is 14.0. The molecular weight excluding hydrogens is 198 g/mol. The topological polar surface area (TPSA) is 88.3 Å². The Morgan fingerprint density at radius 2 is 2.47 bits per heavy atom. The zero-order valence-corrected chi connectivity index (χ0v) is 8.38. The first-order valence-corrected chi connectivity index (χ1v) is 4.62. The van der Waals surface area contributed by atoms with E-state index >= 15 is 0 Å². The van der Waals surface area contributed by atoms with E-state index in [0.717, 1.165) is 0 Å². The fourth-order valence-corrected chi connectivity index (χ4v) is 1.15. The van der Waals surface area contributed by atoms with Gasteiger partial charge in [0.15, 0.2) is 0 Å². The normalized spacial score (nSPS) is 12.1. The minimum Gasteiger partial charge on any atom is -0.396 e. The second-order valence-electron chi connectivity index (χ2n) is 3.19. The number of rotatable bonds is 5. The summed E-state index contributed by atoms with van der Waals surface area (Å²) in [6.45, 7) is 1.86. The fourth-order valence-electron chi connectivity index (χ4n) is 1.15. The number of hydrogen-bond donors (Lipinski definition) is 2. The smallest absolute Gasteiger partial charge is 0.311 e. The quantitative estimate of drug-likeness (QED) is 0.563. The first-order chi connectivity index (χ1) is 7.15. The molecule has 0 aliphatic rings. The highest BCUT2D eigenvalue weighted by Gasteiger charge is 2.15. The number of nitrogens with zero attached hydrogens (tertiary/aromatic N) is 2. The van der Waals surface area contributed by atoms with Crippen LogP contribution in [0.5, 0.6) is 0 Å². The van der Waals surface area contributed by atoms with Gasteiger partial charge in [0.1, 0.15) is 0 Å². The summed E-state index contributed by atoms with van der Waals surface area (Å²) in [6.07, 6.45) is 2.01. The van der Waals surface area contributed by atoms with Crippen LogP contribution in [0, 0.1) is 10.1 Å². The number of nitro groups is 1. The van der Waals surface area contributed by atoms with Crippen LogP contribution in [0.25, 0.3) is 0 Å². The van der Waals surface area contributed by atoms with Gasteiger partial charge in [0.05, 0.1) is 4.92 Å². The van der Waals surface area contributed by atoms with Crippen molar-refractivity contribution in [3.63, 3.8) is 0 Å². The van der Waals surface area contributed by atoms with Gasteiger partial charge in [0.25, 0.3) is 0 Å². The molecule has 1 rings (SSSR count). The summed E-state index contributed by atoms with van der Waals surface area (Å²) in [5.41, 5.74) is -0.0534. The maximum Gasteiger partial charge on any atom is 0.311 e. The lowest BCUT2D eigenvalue weighted by Crippen LogP contribution is -2.18. The van der Waals surface area contributed by atoms with Crippen LogP contribution in [0.1, 0.15) is 13.3 Å². The van der Waals surface area contributed by atoms with Crippen molar-refractivity contribution >= 4 is 11.5 Å². The van der Waals surface area contributed by atoms with Crippen LogP contribution in [0.15, 0.2) is 18.3 Å². The van der Waals surface area contributed by atoms with Crippen molar-refractivity contribution < 1.29 is 10.0 Å². The van der Waals surface area contributed by atoms with Crippen molar-refractivity contribution in [1.82, 2.24) is 4.98 Å². The predicted molar refractivity (Wildman–Crippen MR) is 55.7 cm³/mol. The summed E-state index contributed by atoms with van der Waals surface area (Å²) in [7, 11) is 0. The Morgan fingerprint density at radius 1 is 1.73 bits per heavy atom. The van der Waals surface area contributed by atoms with Gasteiger partial charge in [-0.05, 0) is 19.4 Å². The molecule has 15 heavy (non-hydrogen) atoms. The highest BCUT2D eigenvalue weighted by molar-refractivity contribution is 5.55. The van der Waals surface area contributed by atoms with Crippen molar-refractivity contribution in [3.8, 4) is 0 Å². The minimum atomic E-state index is -0.485. The highest BCUT2D eigenvalue weighted by atomic mass is 16.6. The molecule has 1 aromatic rings. The monoisotopic (exact) mass is 211 g/mol. The molecule has 0 aromatic carbocycles. The van der Waals surface area contributed by atoms with E-state index in [1.165, 1.54) is 18.3 Å². The molecule has 6 heteroatoms. The van der Waals surface area contributed by atoms with E-state index in [1.54, 1.807) is 0 Å². The number of hydrogen-bond acceptors (Lipinski definition) is 5. The Balaban J connectivity index is 2.79. The molecule has 0 aliphatic heterocycles. The molecular formula is C9H13N3O3. The molecule has 1 atom stereocenters. The maximum atomic E-state index is 10.6. The molecule has 0 radical (unpaired) electrons. The van der Waals surface area contributed by atoms with E-state index in [-0.39, 0.29) is 24.2 Å². The summed E-state index contributed by atoms with van der Waals surface area (Å²) in [5.74, 6) is 0.239. The molecule has 82 valence electrons. The Bertz CT molecular complexity index is 343. The number of aliphatic hydroxyl groups excluding tert-OH is 1. The van der Waals surface area contributed by atoms with Crippen LogP contribution >= 0.6 is 0 Å². The van der Waals surface area contributed by atoms with Crippen LogP contribution in [0.2, 0.25) is 0 Å². The van der Waals surface area contributed by atoms with Crippen LogP contribution in [0.4, 0.5) is 11.5 Å². The van der Waals surface area contributed by atoms with Gasteiger partial charge in [-0.15, -0.1) is 0 Å². The third-order valence-electron chi connectivity index (χ3n) is 1.93. The van der Waals surface area contributed by atoms with Gasteiger partial charge in [-0.25, -0.2) is 4.98 Å². The Hall–Kier alpha value is -1.69. The molecule has 1 aromatic heterocycles. The molecule has 1 heterocycles. The number of aromatic nitrogens is 1. The summed E-state index contributed by atoms with van der Waals surface area (Å²) in [5, 5.41) is 22.2. The van der Waals surface area contributed by atoms with Gasteiger partial charge < -0.3 is 10.4 Å². The molecule has 0 fully saturated rings. The number of anilines is 1. The SMILES string of the molecule is CC(CCO)Nc1ncccc1[N+](=O)[O-]. The second kappa shape index (κ2) is 5.26. The highest BCUT2D eigenvalue weighted by Crippen LogP contribution is 2.21. The molecule has 0 spiro atoms. The van der Waals surface area contributed by atoms with Crippen LogP contribution in [-0.4, -0.2) is 27.7 Å². The molecule has 6 nitrogen and oxygen atoms in total. The Kier molecular flexibility index (Phi) is 3.99. The van der Waals surface area contributed by atoms with E-state index in [4.69, 9.17) is 5.11 Å². The van der Waals surface area contributed by atoms with Crippen molar-refractivity contribution in [2.45, 2.75) is 19.4 Å². The summed E-state index contributed by atoms with van der Waals surface area (Å²) in [6, 6.07) is 2.85. The van der Waals surface area contributed by atoms with Crippen molar-refractivity contribution in [3.05, 3.63) is 28.4 Å². The van der Waals surface area contributed by atoms with Crippen molar-refractivity contribution in [1.29, 1.82) is 0 Å². The van der Waals surface area contributed by atoms with Gasteiger partial charge in [-0.3, -0.25) is 10.1 Å². The number of nitrogens with one attached hydrogen (secondary N) is 1. The molecule has 0 saturated carbocycles. The van der Waals surface area contributed by atoms with Crippen LogP contribution in [-0.2, 0) is 0 Å². The van der Waals surface area contributed by atoms with E-state index in [0.29, 0.717) is 6.42 Å². The Morgan fingerprint density at radius 3 is 3.07 bits per heavy atom. The van der Waals surface area contributed by atoms with Gasteiger partial charge in [-0.1, -0.05) is 0 Å². The molecule has 0 bridgehead atoms. The first kappa shape index (κ1) is 11.4. The molecule has 1 unspecified atom stereocenters. The summed E-state index contributed by atoms with van der Waals surface area (Å²) >= 11 is 0. The zero-order valence-electron chi connectivity index (χ0n) is 8.38. The van der Waals surface area contributed by atoms with Gasteiger partial charge in [0.2, 0.25) is 5.82 Å². The van der Waals surface area contributed by atoms with Crippen molar-refractivity contribution in [2.24, 2.45) is 0 Å². The fraction of sp³-hybridized carbons (Fsp3) is 0.444. The summed E-state index contributed by atoms with van der Waals surface area (Å²) < 4.78 is 0. The van der Waals surface area contributed by atoms with Gasteiger partial charge in [-0.2, -0.15) is 0 Å². The first-order valence-electron chi connectivity index (χ1n) is 4.62. The van der Waals surface area contributed by atoms with Crippen LogP contribution in [0.3, 0.4) is 0 Å². The van der Waals surface area contributed by atoms with E-state index < -0.39 is 4.92 Å². The Labute approximate surface area is 87.1 Å². The van der Waals surface area contributed by atoms with Gasteiger partial charge in [0, 0.05) is 24.9 Å². The third kappa shape index (κ3) is 3.17. The van der Waals surface area contributed by atoms with Gasteiger partial charge >= 0.3 is 5.69 Å². The third-order valence-corrected chi connectivity index (χ3v) is 1.93. The minimum absolute atomic E-state index is 0.0365. The number of aliphatic hydroxyl groups is 1. The number of pyridine rings is 1. The van der Waals surface area contributed by atoms with E-state index in [1.807, 2.05) is 6.92 Å². The van der Waals surface area contributed by atoms with Crippen molar-refractivity contribution in [2.75, 3.05) is 11.9 Å². The molecule has 0 saturated heterocycles. The average Bonchev–Trinajstić information content (AvgIpc) is 2.18. The van der Waals surface area contributed by atoms with E-state index in [9.17, 15) is 10.1 Å². The second-order valence-corrected chi connectivity index (χ2v) is 3.19. The largest absolute Gasteiger partial charge is 0.396 e. The molecule has 0 amide bonds.